The summed E-state index contributed by atoms with van der Waals surface area (Å²) in [5.41, 5.74) is 1.43. The second-order valence-electron chi connectivity index (χ2n) is 9.11. The van der Waals surface area contributed by atoms with Crippen LogP contribution < -0.4 is 4.74 Å². The monoisotopic (exact) mass is 368 g/mol. The number of nitrogens with zero attached hydrogens (tertiary/aromatic N) is 1. The van der Waals surface area contributed by atoms with Crippen LogP contribution in [0.4, 0.5) is 0 Å². The predicted molar refractivity (Wildman–Crippen MR) is 116 cm³/mol. The van der Waals surface area contributed by atoms with Crippen LogP contribution in [0.5, 0.6) is 5.75 Å². The molecule has 2 aromatic carbocycles. The van der Waals surface area contributed by atoms with Crippen LogP contribution in [0.15, 0.2) is 60.7 Å². The molecule has 27 heavy (non-hydrogen) atoms. The van der Waals surface area contributed by atoms with E-state index < -0.39 is 0 Å². The summed E-state index contributed by atoms with van der Waals surface area (Å²) in [6, 6.07) is 21.2. The van der Waals surface area contributed by atoms with E-state index >= 15 is 0 Å². The van der Waals surface area contributed by atoms with Crippen LogP contribution >= 0.6 is 0 Å². The summed E-state index contributed by atoms with van der Waals surface area (Å²) >= 11 is 0. The van der Waals surface area contributed by atoms with Gasteiger partial charge < -0.3 is 9.22 Å². The van der Waals surface area contributed by atoms with Crippen molar-refractivity contribution in [3.8, 4) is 5.75 Å². The van der Waals surface area contributed by atoms with Crippen molar-refractivity contribution < 1.29 is 9.22 Å². The Kier molecular flexibility index (Phi) is 7.49. The summed E-state index contributed by atoms with van der Waals surface area (Å²) in [6.45, 7) is 18.2. The Bertz CT molecular complexity index is 651. The smallest absolute Gasteiger partial charge is 0.137 e. The van der Waals surface area contributed by atoms with Crippen molar-refractivity contribution in [2.45, 2.75) is 47.1 Å². The second kappa shape index (κ2) is 9.41. The van der Waals surface area contributed by atoms with E-state index in [1.165, 1.54) is 5.56 Å². The van der Waals surface area contributed by atoms with Crippen molar-refractivity contribution >= 4 is 0 Å². The molecule has 0 atom stereocenters. The Labute approximate surface area is 166 Å². The highest BCUT2D eigenvalue weighted by Gasteiger charge is 2.45. The molecule has 0 saturated carbocycles. The minimum absolute atomic E-state index is 0.0237. The van der Waals surface area contributed by atoms with E-state index in [1.54, 1.807) is 0 Å². The van der Waals surface area contributed by atoms with Gasteiger partial charge in [-0.1, -0.05) is 76.2 Å². The summed E-state index contributed by atoms with van der Waals surface area (Å²) in [4.78, 5) is 0. The lowest BCUT2D eigenvalue weighted by molar-refractivity contribution is -0.985. The fourth-order valence-corrected chi connectivity index (χ4v) is 4.37. The van der Waals surface area contributed by atoms with Gasteiger partial charge >= 0.3 is 0 Å². The Balaban J connectivity index is 2.33. The van der Waals surface area contributed by atoms with E-state index in [2.05, 4.69) is 71.9 Å². The minimum atomic E-state index is 0.0237. The molecule has 0 aliphatic heterocycles. The SMILES string of the molecule is CC(C)C[N+](CCOc1ccccc1)(CC(C)C)C(C)(C)c1ccccc1. The first-order chi connectivity index (χ1) is 12.8. The van der Waals surface area contributed by atoms with Crippen LogP contribution in [0, 0.1) is 11.8 Å². The molecule has 0 aliphatic carbocycles. The highest BCUT2D eigenvalue weighted by molar-refractivity contribution is 5.22. The quantitative estimate of drug-likeness (QED) is 0.458. The van der Waals surface area contributed by atoms with Gasteiger partial charge in [0.05, 0.1) is 13.1 Å². The number of hydrogen-bond acceptors (Lipinski definition) is 1. The molecule has 2 heteroatoms. The number of benzene rings is 2. The van der Waals surface area contributed by atoms with Gasteiger partial charge in [0.25, 0.3) is 0 Å². The predicted octanol–water partition coefficient (Wildman–Crippen LogP) is 6.13. The molecule has 0 amide bonds. The molecule has 0 heterocycles. The normalized spacial score (nSPS) is 12.6. The Morgan fingerprint density at radius 1 is 0.778 bits per heavy atom. The van der Waals surface area contributed by atoms with E-state index in [0.717, 1.165) is 36.5 Å². The van der Waals surface area contributed by atoms with E-state index in [0.29, 0.717) is 11.8 Å². The molecule has 148 valence electrons. The molecule has 0 spiro atoms. The van der Waals surface area contributed by atoms with Crippen LogP contribution in [0.25, 0.3) is 0 Å². The second-order valence-corrected chi connectivity index (χ2v) is 9.11. The van der Waals surface area contributed by atoms with E-state index in [-0.39, 0.29) is 5.54 Å². The highest BCUT2D eigenvalue weighted by atomic mass is 16.5. The Morgan fingerprint density at radius 2 is 1.26 bits per heavy atom. The van der Waals surface area contributed by atoms with Crippen molar-refractivity contribution in [1.82, 2.24) is 0 Å². The summed E-state index contributed by atoms with van der Waals surface area (Å²) < 4.78 is 7.18. The number of para-hydroxylation sites is 1. The fourth-order valence-electron chi connectivity index (χ4n) is 4.37. The Hall–Kier alpha value is -1.80. The largest absolute Gasteiger partial charge is 0.488 e. The van der Waals surface area contributed by atoms with Crippen molar-refractivity contribution in [2.75, 3.05) is 26.2 Å². The van der Waals surface area contributed by atoms with Gasteiger partial charge in [0, 0.05) is 17.4 Å². The minimum Gasteiger partial charge on any atom is -0.488 e. The summed E-state index contributed by atoms with van der Waals surface area (Å²) in [5, 5.41) is 0. The molecular formula is C25H38NO+. The average Bonchev–Trinajstić information content (AvgIpc) is 2.62. The van der Waals surface area contributed by atoms with Crippen LogP contribution in [-0.2, 0) is 5.54 Å². The third-order valence-corrected chi connectivity index (χ3v) is 5.63. The first-order valence-electron chi connectivity index (χ1n) is 10.4. The molecule has 0 radical (unpaired) electrons. The molecule has 0 aliphatic rings. The maximum absolute atomic E-state index is 6.14. The van der Waals surface area contributed by atoms with Gasteiger partial charge in [-0.2, -0.15) is 0 Å². The number of hydrogen-bond donors (Lipinski definition) is 0. The zero-order valence-corrected chi connectivity index (χ0v) is 18.1. The fraction of sp³-hybridized carbons (Fsp3) is 0.520. The standard InChI is InChI=1S/C25H38NO/c1-21(2)19-26(20-22(3)4,17-18-27-24-15-11-8-12-16-24)25(5,6)23-13-9-7-10-14-23/h7-16,21-22H,17-20H2,1-6H3/q+1. The zero-order chi connectivity index (χ0) is 19.9. The van der Waals surface area contributed by atoms with Gasteiger partial charge in [-0.05, 0) is 26.0 Å². The van der Waals surface area contributed by atoms with Crippen LogP contribution in [0.2, 0.25) is 0 Å². The topological polar surface area (TPSA) is 9.23 Å². The molecule has 0 saturated heterocycles. The third-order valence-electron chi connectivity index (χ3n) is 5.63. The first kappa shape index (κ1) is 21.5. The summed E-state index contributed by atoms with van der Waals surface area (Å²) in [5.74, 6) is 2.22. The molecule has 2 nitrogen and oxygen atoms in total. The van der Waals surface area contributed by atoms with Gasteiger partial charge in [-0.3, -0.25) is 0 Å². The molecule has 0 bridgehead atoms. The third kappa shape index (κ3) is 5.59. The molecule has 0 N–H and O–H groups in total. The van der Waals surface area contributed by atoms with Crippen molar-refractivity contribution in [2.24, 2.45) is 11.8 Å². The summed E-state index contributed by atoms with van der Waals surface area (Å²) in [7, 11) is 0. The lowest BCUT2D eigenvalue weighted by atomic mass is 9.86. The van der Waals surface area contributed by atoms with Gasteiger partial charge in [-0.25, -0.2) is 0 Å². The van der Waals surface area contributed by atoms with Crippen molar-refractivity contribution in [1.29, 1.82) is 0 Å². The molecular weight excluding hydrogens is 330 g/mol. The van der Waals surface area contributed by atoms with Gasteiger partial charge in [0.1, 0.15) is 24.4 Å². The molecule has 0 aromatic heterocycles. The van der Waals surface area contributed by atoms with Crippen LogP contribution in [0.3, 0.4) is 0 Å². The maximum atomic E-state index is 6.14. The molecule has 2 rings (SSSR count). The van der Waals surface area contributed by atoms with Crippen LogP contribution in [-0.4, -0.2) is 30.7 Å². The van der Waals surface area contributed by atoms with Gasteiger partial charge in [0.15, 0.2) is 0 Å². The number of ether oxygens (including phenoxy) is 1. The molecule has 2 aromatic rings. The van der Waals surface area contributed by atoms with Gasteiger partial charge in [0.2, 0.25) is 0 Å². The molecule has 0 fully saturated rings. The lowest BCUT2D eigenvalue weighted by Gasteiger charge is -2.52. The van der Waals surface area contributed by atoms with Crippen LogP contribution in [0.1, 0.15) is 47.1 Å². The first-order valence-corrected chi connectivity index (χ1v) is 10.4. The Morgan fingerprint density at radius 3 is 1.74 bits per heavy atom. The van der Waals surface area contributed by atoms with E-state index in [9.17, 15) is 0 Å². The highest BCUT2D eigenvalue weighted by Crippen LogP contribution is 2.37. The lowest BCUT2D eigenvalue weighted by Crippen LogP contribution is -2.64. The van der Waals surface area contributed by atoms with Gasteiger partial charge in [-0.15, -0.1) is 0 Å². The average molecular weight is 369 g/mol. The number of rotatable bonds is 10. The van der Waals surface area contributed by atoms with Crippen molar-refractivity contribution in [3.63, 3.8) is 0 Å². The number of quaternary nitrogens is 1. The zero-order valence-electron chi connectivity index (χ0n) is 18.1. The van der Waals surface area contributed by atoms with Crippen molar-refractivity contribution in [3.05, 3.63) is 66.2 Å². The summed E-state index contributed by atoms with van der Waals surface area (Å²) in [6.07, 6.45) is 0. The van der Waals surface area contributed by atoms with E-state index in [4.69, 9.17) is 4.74 Å². The van der Waals surface area contributed by atoms with E-state index in [1.807, 2.05) is 30.3 Å². The maximum Gasteiger partial charge on any atom is 0.137 e. The molecule has 0 unspecified atom stereocenters.